The topological polar surface area (TPSA) is 92.5 Å². The zero-order valence-corrected chi connectivity index (χ0v) is 12.0. The van der Waals surface area contributed by atoms with Crippen LogP contribution in [0.5, 0.6) is 0 Å². The molecule has 0 radical (unpaired) electrons. The van der Waals surface area contributed by atoms with Gasteiger partial charge in [0.1, 0.15) is 5.56 Å². The third-order valence-corrected chi connectivity index (χ3v) is 3.81. The first kappa shape index (κ1) is 17.2. The molecule has 2 N–H and O–H groups in total. The number of carbonyl (C=O) groups excluding carboxylic acids is 1. The molecule has 23 heavy (non-hydrogen) atoms. The second kappa shape index (κ2) is 6.53. The lowest BCUT2D eigenvalue weighted by molar-refractivity contribution is -0.385. The van der Waals surface area contributed by atoms with Crippen LogP contribution in [0.3, 0.4) is 0 Å². The number of carbonyl (C=O) groups is 1. The molecule has 2 rings (SSSR count). The Kier molecular flexibility index (Phi) is 4.88. The van der Waals surface area contributed by atoms with Crippen LogP contribution in [0.25, 0.3) is 0 Å². The van der Waals surface area contributed by atoms with Crippen molar-refractivity contribution in [3.8, 4) is 0 Å². The summed E-state index contributed by atoms with van der Waals surface area (Å²) in [6.07, 6.45) is -2.88. The van der Waals surface area contributed by atoms with Crippen molar-refractivity contribution in [2.45, 2.75) is 44.0 Å². The molecule has 1 aliphatic carbocycles. The van der Waals surface area contributed by atoms with E-state index in [1.54, 1.807) is 0 Å². The van der Waals surface area contributed by atoms with Gasteiger partial charge < -0.3 is 10.4 Å². The molecule has 0 spiro atoms. The molecule has 1 aliphatic rings. The molecule has 2 atom stereocenters. The van der Waals surface area contributed by atoms with Crippen molar-refractivity contribution in [3.63, 3.8) is 0 Å². The lowest BCUT2D eigenvalue weighted by Crippen LogP contribution is -2.45. The van der Waals surface area contributed by atoms with Crippen molar-refractivity contribution in [1.29, 1.82) is 0 Å². The summed E-state index contributed by atoms with van der Waals surface area (Å²) in [6, 6.07) is 1.19. The van der Waals surface area contributed by atoms with Crippen molar-refractivity contribution in [2.24, 2.45) is 0 Å². The summed E-state index contributed by atoms with van der Waals surface area (Å²) in [5.74, 6) is -0.864. The maximum atomic E-state index is 12.6. The van der Waals surface area contributed by atoms with Crippen LogP contribution in [-0.2, 0) is 6.18 Å². The fourth-order valence-electron chi connectivity index (χ4n) is 2.58. The second-order valence-electron chi connectivity index (χ2n) is 5.42. The Morgan fingerprint density at radius 2 is 1.96 bits per heavy atom. The molecule has 2 unspecified atom stereocenters. The van der Waals surface area contributed by atoms with Gasteiger partial charge in [-0.1, -0.05) is 12.8 Å². The minimum Gasteiger partial charge on any atom is -0.391 e. The van der Waals surface area contributed by atoms with Gasteiger partial charge in [-0.15, -0.1) is 0 Å². The average Bonchev–Trinajstić information content (AvgIpc) is 2.48. The maximum Gasteiger partial charge on any atom is 0.416 e. The predicted molar refractivity (Wildman–Crippen MR) is 73.8 cm³/mol. The SMILES string of the molecule is O=C(NC1CCCCC1O)c1ccc(C(F)(F)F)cc1[N+](=O)[O-]. The smallest absolute Gasteiger partial charge is 0.391 e. The van der Waals surface area contributed by atoms with Crippen LogP contribution in [0.15, 0.2) is 18.2 Å². The molecule has 1 amide bonds. The van der Waals surface area contributed by atoms with Crippen molar-refractivity contribution in [2.75, 3.05) is 0 Å². The fraction of sp³-hybridized carbons (Fsp3) is 0.500. The van der Waals surface area contributed by atoms with Gasteiger partial charge in [0.2, 0.25) is 0 Å². The molecule has 1 aromatic rings. The van der Waals surface area contributed by atoms with E-state index in [1.165, 1.54) is 0 Å². The van der Waals surface area contributed by atoms with Crippen LogP contribution < -0.4 is 5.32 Å². The van der Waals surface area contributed by atoms with Gasteiger partial charge in [-0.25, -0.2) is 0 Å². The summed E-state index contributed by atoms with van der Waals surface area (Å²) in [7, 11) is 0. The number of benzene rings is 1. The van der Waals surface area contributed by atoms with Crippen molar-refractivity contribution in [3.05, 3.63) is 39.4 Å². The molecule has 126 valence electrons. The highest BCUT2D eigenvalue weighted by molar-refractivity contribution is 5.98. The van der Waals surface area contributed by atoms with E-state index in [0.29, 0.717) is 25.0 Å². The minimum absolute atomic E-state index is 0.339. The van der Waals surface area contributed by atoms with E-state index in [2.05, 4.69) is 5.32 Å². The zero-order valence-electron chi connectivity index (χ0n) is 12.0. The number of nitrogens with zero attached hydrogens (tertiary/aromatic N) is 1. The van der Waals surface area contributed by atoms with E-state index >= 15 is 0 Å². The van der Waals surface area contributed by atoms with Gasteiger partial charge >= 0.3 is 6.18 Å². The van der Waals surface area contributed by atoms with E-state index in [0.717, 1.165) is 18.9 Å². The molecule has 0 aliphatic heterocycles. The number of nitro benzene ring substituents is 1. The third kappa shape index (κ3) is 3.98. The van der Waals surface area contributed by atoms with Crippen molar-refractivity contribution in [1.82, 2.24) is 5.32 Å². The molecule has 0 heterocycles. The van der Waals surface area contributed by atoms with Crippen molar-refractivity contribution >= 4 is 11.6 Å². The van der Waals surface area contributed by atoms with E-state index in [4.69, 9.17) is 0 Å². The molecular formula is C14H15F3N2O4. The number of alkyl halides is 3. The Morgan fingerprint density at radius 1 is 1.30 bits per heavy atom. The molecular weight excluding hydrogens is 317 g/mol. The Bertz CT molecular complexity index is 619. The number of nitro groups is 1. The first-order valence-corrected chi connectivity index (χ1v) is 7.04. The highest BCUT2D eigenvalue weighted by Crippen LogP contribution is 2.33. The highest BCUT2D eigenvalue weighted by Gasteiger charge is 2.34. The monoisotopic (exact) mass is 332 g/mol. The number of nitrogens with one attached hydrogen (secondary N) is 1. The number of halogens is 3. The normalized spacial score (nSPS) is 21.7. The molecule has 1 saturated carbocycles. The summed E-state index contributed by atoms with van der Waals surface area (Å²) in [4.78, 5) is 22.1. The van der Waals surface area contributed by atoms with Crippen molar-refractivity contribution < 1.29 is 28.0 Å². The maximum absolute atomic E-state index is 12.6. The Labute approximate surface area is 129 Å². The van der Waals surface area contributed by atoms with Gasteiger partial charge in [0.15, 0.2) is 0 Å². The lowest BCUT2D eigenvalue weighted by atomic mass is 9.92. The minimum atomic E-state index is -4.74. The zero-order chi connectivity index (χ0) is 17.2. The van der Waals surface area contributed by atoms with Gasteiger partial charge in [-0.3, -0.25) is 14.9 Å². The van der Waals surface area contributed by atoms with E-state index in [1.807, 2.05) is 0 Å². The number of hydrogen-bond donors (Lipinski definition) is 2. The molecule has 0 aromatic heterocycles. The number of aliphatic hydroxyl groups is 1. The molecule has 6 nitrogen and oxygen atoms in total. The second-order valence-corrected chi connectivity index (χ2v) is 5.42. The molecule has 0 bridgehead atoms. The first-order chi connectivity index (χ1) is 10.7. The van der Waals surface area contributed by atoms with Gasteiger partial charge in [-0.05, 0) is 25.0 Å². The standard InChI is InChI=1S/C14H15F3N2O4/c15-14(16,17)8-5-6-9(11(7-8)19(22)23)13(21)18-10-3-1-2-4-12(10)20/h5-7,10,12,20H,1-4H2,(H,18,21). The number of amides is 1. The highest BCUT2D eigenvalue weighted by atomic mass is 19.4. The van der Waals surface area contributed by atoms with E-state index in [-0.39, 0.29) is 0 Å². The largest absolute Gasteiger partial charge is 0.416 e. The summed E-state index contributed by atoms with van der Waals surface area (Å²) in [5, 5.41) is 23.2. The lowest BCUT2D eigenvalue weighted by Gasteiger charge is -2.28. The van der Waals surface area contributed by atoms with Gasteiger partial charge in [0, 0.05) is 6.07 Å². The summed E-state index contributed by atoms with van der Waals surface area (Å²) in [5.41, 5.74) is -2.57. The summed E-state index contributed by atoms with van der Waals surface area (Å²) < 4.78 is 37.9. The summed E-state index contributed by atoms with van der Waals surface area (Å²) >= 11 is 0. The van der Waals surface area contributed by atoms with Crippen LogP contribution in [0.1, 0.15) is 41.6 Å². The Balaban J connectivity index is 2.27. The molecule has 1 fully saturated rings. The Morgan fingerprint density at radius 3 is 2.52 bits per heavy atom. The van der Waals surface area contributed by atoms with Crippen LogP contribution in [-0.4, -0.2) is 28.1 Å². The first-order valence-electron chi connectivity index (χ1n) is 7.04. The summed E-state index contributed by atoms with van der Waals surface area (Å²) in [6.45, 7) is 0. The fourth-order valence-corrected chi connectivity index (χ4v) is 2.58. The quantitative estimate of drug-likeness (QED) is 0.657. The molecule has 9 heteroatoms. The van der Waals surface area contributed by atoms with Gasteiger partial charge in [-0.2, -0.15) is 13.2 Å². The predicted octanol–water partition coefficient (Wildman–Crippen LogP) is 2.65. The van der Waals surface area contributed by atoms with Crippen LogP contribution in [0.2, 0.25) is 0 Å². The Hall–Kier alpha value is -2.16. The number of hydrogen-bond acceptors (Lipinski definition) is 4. The average molecular weight is 332 g/mol. The number of rotatable bonds is 3. The van der Waals surface area contributed by atoms with Crippen LogP contribution >= 0.6 is 0 Å². The van der Waals surface area contributed by atoms with E-state index < -0.39 is 46.0 Å². The van der Waals surface area contributed by atoms with E-state index in [9.17, 15) is 33.2 Å². The van der Waals surface area contributed by atoms with Gasteiger partial charge in [0.05, 0.1) is 22.6 Å². The molecule has 0 saturated heterocycles. The van der Waals surface area contributed by atoms with Gasteiger partial charge in [0.25, 0.3) is 11.6 Å². The van der Waals surface area contributed by atoms with Crippen LogP contribution in [0.4, 0.5) is 18.9 Å². The van der Waals surface area contributed by atoms with Crippen LogP contribution in [0, 0.1) is 10.1 Å². The third-order valence-electron chi connectivity index (χ3n) is 3.81. The molecule has 1 aromatic carbocycles. The number of aliphatic hydroxyl groups excluding tert-OH is 1.